The van der Waals surface area contributed by atoms with Crippen LogP contribution in [0, 0.1) is 5.82 Å². The largest absolute Gasteiger partial charge is 0.387 e. The lowest BCUT2D eigenvalue weighted by molar-refractivity contribution is 0.181. The second-order valence-electron chi connectivity index (χ2n) is 4.18. The third-order valence-corrected chi connectivity index (χ3v) is 2.62. The molecule has 3 N–H and O–H groups in total. The molecule has 2 atom stereocenters. The van der Waals surface area contributed by atoms with Gasteiger partial charge in [-0.3, -0.25) is 4.99 Å². The van der Waals surface area contributed by atoms with Gasteiger partial charge in [0.05, 0.1) is 12.6 Å². The van der Waals surface area contributed by atoms with Gasteiger partial charge in [0.15, 0.2) is 5.96 Å². The van der Waals surface area contributed by atoms with Crippen molar-refractivity contribution in [1.29, 1.82) is 0 Å². The normalized spacial score (nSPS) is 20.6. The molecule has 2 rings (SSSR count). The van der Waals surface area contributed by atoms with E-state index in [9.17, 15) is 9.50 Å². The van der Waals surface area contributed by atoms with Crippen molar-refractivity contribution >= 4 is 5.96 Å². The van der Waals surface area contributed by atoms with Crippen LogP contribution >= 0.6 is 0 Å². The van der Waals surface area contributed by atoms with Crippen molar-refractivity contribution in [2.75, 3.05) is 13.1 Å². The smallest absolute Gasteiger partial charge is 0.191 e. The van der Waals surface area contributed by atoms with Crippen LogP contribution < -0.4 is 10.6 Å². The summed E-state index contributed by atoms with van der Waals surface area (Å²) in [5, 5.41) is 16.0. The van der Waals surface area contributed by atoms with E-state index in [1.165, 1.54) is 12.1 Å². The Morgan fingerprint density at radius 1 is 1.53 bits per heavy atom. The van der Waals surface area contributed by atoms with Crippen molar-refractivity contribution in [3.05, 3.63) is 35.6 Å². The van der Waals surface area contributed by atoms with Gasteiger partial charge in [-0.05, 0) is 24.6 Å². The van der Waals surface area contributed by atoms with E-state index in [0.29, 0.717) is 24.1 Å². The summed E-state index contributed by atoms with van der Waals surface area (Å²) in [5.41, 5.74) is 0.686. The Balaban J connectivity index is 1.85. The fraction of sp³-hybridized carbons (Fsp3) is 0.417. The molecule has 0 fully saturated rings. The molecule has 0 amide bonds. The minimum absolute atomic E-state index is 0.301. The molecule has 0 radical (unpaired) electrons. The molecule has 17 heavy (non-hydrogen) atoms. The van der Waals surface area contributed by atoms with Gasteiger partial charge in [0, 0.05) is 12.6 Å². The molecule has 4 nitrogen and oxygen atoms in total. The highest BCUT2D eigenvalue weighted by atomic mass is 19.1. The molecule has 0 spiro atoms. The van der Waals surface area contributed by atoms with Gasteiger partial charge in [-0.2, -0.15) is 0 Å². The van der Waals surface area contributed by atoms with Crippen molar-refractivity contribution in [3.63, 3.8) is 0 Å². The number of hydrogen-bond donors (Lipinski definition) is 3. The number of aliphatic hydroxyl groups excluding tert-OH is 1. The molecule has 0 aliphatic carbocycles. The highest BCUT2D eigenvalue weighted by Crippen LogP contribution is 2.12. The van der Waals surface area contributed by atoms with Gasteiger partial charge in [-0.15, -0.1) is 0 Å². The SMILES string of the molecule is CC1CN=C(NCC(O)c2ccc(F)cc2)N1. The number of aliphatic imine (C=N–C) groups is 1. The number of hydrogen-bond acceptors (Lipinski definition) is 4. The first-order valence-electron chi connectivity index (χ1n) is 5.63. The van der Waals surface area contributed by atoms with Crippen LogP contribution in [0.2, 0.25) is 0 Å². The highest BCUT2D eigenvalue weighted by Gasteiger charge is 2.14. The maximum atomic E-state index is 12.7. The fourth-order valence-corrected chi connectivity index (χ4v) is 1.66. The zero-order valence-corrected chi connectivity index (χ0v) is 9.65. The van der Waals surface area contributed by atoms with E-state index in [-0.39, 0.29) is 5.82 Å². The Morgan fingerprint density at radius 3 is 2.82 bits per heavy atom. The predicted molar refractivity (Wildman–Crippen MR) is 64.3 cm³/mol. The van der Waals surface area contributed by atoms with Crippen molar-refractivity contribution in [1.82, 2.24) is 10.6 Å². The van der Waals surface area contributed by atoms with E-state index in [1.54, 1.807) is 12.1 Å². The Kier molecular flexibility index (Phi) is 3.58. The molecular formula is C12H16FN3O. The van der Waals surface area contributed by atoms with Crippen LogP contribution in [-0.2, 0) is 0 Å². The third-order valence-electron chi connectivity index (χ3n) is 2.62. The minimum atomic E-state index is -0.670. The molecule has 5 heteroatoms. The molecule has 0 bridgehead atoms. The summed E-state index contributed by atoms with van der Waals surface area (Å²) in [5.74, 6) is 0.406. The van der Waals surface area contributed by atoms with E-state index in [2.05, 4.69) is 15.6 Å². The van der Waals surface area contributed by atoms with Crippen LogP contribution in [0.1, 0.15) is 18.6 Å². The number of halogens is 1. The minimum Gasteiger partial charge on any atom is -0.387 e. The van der Waals surface area contributed by atoms with Gasteiger partial charge >= 0.3 is 0 Å². The first-order valence-corrected chi connectivity index (χ1v) is 5.63. The second kappa shape index (κ2) is 5.14. The first-order chi connectivity index (χ1) is 8.15. The van der Waals surface area contributed by atoms with E-state index in [4.69, 9.17) is 0 Å². The van der Waals surface area contributed by atoms with Gasteiger partial charge in [0.25, 0.3) is 0 Å². The topological polar surface area (TPSA) is 56.7 Å². The molecule has 1 aliphatic rings. The summed E-state index contributed by atoms with van der Waals surface area (Å²) in [7, 11) is 0. The van der Waals surface area contributed by atoms with Crippen LogP contribution in [0.5, 0.6) is 0 Å². The quantitative estimate of drug-likeness (QED) is 0.728. The summed E-state index contributed by atoms with van der Waals surface area (Å²) in [6.45, 7) is 3.13. The fourth-order valence-electron chi connectivity index (χ4n) is 1.66. The van der Waals surface area contributed by atoms with E-state index in [0.717, 1.165) is 6.54 Å². The molecule has 0 saturated heterocycles. The van der Waals surface area contributed by atoms with E-state index < -0.39 is 6.10 Å². The Hall–Kier alpha value is -1.62. The van der Waals surface area contributed by atoms with Gasteiger partial charge in [-0.25, -0.2) is 4.39 Å². The predicted octanol–water partition coefficient (Wildman–Crippen LogP) is 0.796. The number of rotatable bonds is 3. The van der Waals surface area contributed by atoms with Crippen LogP contribution in [0.3, 0.4) is 0 Å². The van der Waals surface area contributed by atoms with Crippen LogP contribution in [0.25, 0.3) is 0 Å². The standard InChI is InChI=1S/C12H16FN3O/c1-8-6-14-12(16-8)15-7-11(17)9-2-4-10(13)5-3-9/h2-5,8,11,17H,6-7H2,1H3,(H2,14,15,16). The molecule has 1 aliphatic heterocycles. The number of aliphatic hydroxyl groups is 1. The average Bonchev–Trinajstić information content (AvgIpc) is 2.73. The molecule has 1 aromatic rings. The van der Waals surface area contributed by atoms with E-state index in [1.807, 2.05) is 6.92 Å². The third kappa shape index (κ3) is 3.17. The molecule has 1 heterocycles. The van der Waals surface area contributed by atoms with Crippen molar-refractivity contribution in [2.45, 2.75) is 19.1 Å². The van der Waals surface area contributed by atoms with Crippen LogP contribution in [0.15, 0.2) is 29.3 Å². The lowest BCUT2D eigenvalue weighted by Crippen LogP contribution is -2.39. The number of guanidine groups is 1. The first kappa shape index (κ1) is 11.9. The summed E-state index contributed by atoms with van der Waals surface area (Å²) in [6, 6.07) is 6.17. The lowest BCUT2D eigenvalue weighted by Gasteiger charge is -2.13. The van der Waals surface area contributed by atoms with Crippen molar-refractivity contribution in [2.24, 2.45) is 4.99 Å². The molecule has 0 aromatic heterocycles. The monoisotopic (exact) mass is 237 g/mol. The summed E-state index contributed by atoms with van der Waals surface area (Å²) in [4.78, 5) is 4.22. The van der Waals surface area contributed by atoms with Crippen molar-refractivity contribution in [3.8, 4) is 0 Å². The van der Waals surface area contributed by atoms with Crippen LogP contribution in [-0.4, -0.2) is 30.2 Å². The lowest BCUT2D eigenvalue weighted by atomic mass is 10.1. The zero-order valence-electron chi connectivity index (χ0n) is 9.65. The molecular weight excluding hydrogens is 221 g/mol. The molecule has 1 aromatic carbocycles. The summed E-state index contributed by atoms with van der Waals surface area (Å²) < 4.78 is 12.7. The Labute approximate surface area is 99.6 Å². The summed E-state index contributed by atoms with van der Waals surface area (Å²) in [6.07, 6.45) is -0.670. The maximum Gasteiger partial charge on any atom is 0.191 e. The average molecular weight is 237 g/mol. The maximum absolute atomic E-state index is 12.7. The Morgan fingerprint density at radius 2 is 2.24 bits per heavy atom. The number of benzene rings is 1. The van der Waals surface area contributed by atoms with Gasteiger partial charge < -0.3 is 15.7 Å². The second-order valence-corrected chi connectivity index (χ2v) is 4.18. The van der Waals surface area contributed by atoms with Gasteiger partial charge in [0.1, 0.15) is 5.82 Å². The highest BCUT2D eigenvalue weighted by molar-refractivity contribution is 5.81. The van der Waals surface area contributed by atoms with E-state index >= 15 is 0 Å². The van der Waals surface area contributed by atoms with Gasteiger partial charge in [0.2, 0.25) is 0 Å². The zero-order chi connectivity index (χ0) is 12.3. The number of nitrogens with one attached hydrogen (secondary N) is 2. The molecule has 92 valence electrons. The number of nitrogens with zero attached hydrogens (tertiary/aromatic N) is 1. The van der Waals surface area contributed by atoms with Crippen LogP contribution in [0.4, 0.5) is 4.39 Å². The summed E-state index contributed by atoms with van der Waals surface area (Å²) >= 11 is 0. The molecule has 2 unspecified atom stereocenters. The van der Waals surface area contributed by atoms with Gasteiger partial charge in [-0.1, -0.05) is 12.1 Å². The Bertz CT molecular complexity index is 405. The van der Waals surface area contributed by atoms with Crippen molar-refractivity contribution < 1.29 is 9.50 Å². The molecule has 0 saturated carbocycles.